The van der Waals surface area contributed by atoms with Gasteiger partial charge in [-0.25, -0.2) is 8.42 Å². The van der Waals surface area contributed by atoms with Gasteiger partial charge in [0.1, 0.15) is 0 Å². The molecule has 0 bridgehead atoms. The quantitative estimate of drug-likeness (QED) is 0.814. The topological polar surface area (TPSA) is 83.6 Å². The summed E-state index contributed by atoms with van der Waals surface area (Å²) in [6, 6.07) is 6.26. The van der Waals surface area contributed by atoms with Gasteiger partial charge in [0, 0.05) is 24.9 Å². The summed E-state index contributed by atoms with van der Waals surface area (Å²) in [6.07, 6.45) is 3.17. The number of nitrogens with zero attached hydrogens (tertiary/aromatic N) is 1. The van der Waals surface area contributed by atoms with Crippen molar-refractivity contribution in [2.24, 2.45) is 0 Å². The largest absolute Gasteiger partial charge is 0.399 e. The maximum Gasteiger partial charge on any atom is 0.243 e. The predicted octanol–water partition coefficient (Wildman–Crippen LogP) is 1.19. The van der Waals surface area contributed by atoms with Gasteiger partial charge < -0.3 is 10.8 Å². The van der Waals surface area contributed by atoms with E-state index in [1.807, 2.05) is 0 Å². The number of rotatable bonds is 4. The van der Waals surface area contributed by atoms with Gasteiger partial charge >= 0.3 is 0 Å². The van der Waals surface area contributed by atoms with E-state index in [0.717, 1.165) is 19.3 Å². The Morgan fingerprint density at radius 2 is 2.16 bits per heavy atom. The van der Waals surface area contributed by atoms with Crippen LogP contribution in [-0.2, 0) is 10.0 Å². The summed E-state index contributed by atoms with van der Waals surface area (Å²) in [5.41, 5.74) is 6.10. The van der Waals surface area contributed by atoms with Gasteiger partial charge in [-0.1, -0.05) is 12.5 Å². The lowest BCUT2D eigenvalue weighted by Gasteiger charge is -2.34. The summed E-state index contributed by atoms with van der Waals surface area (Å²) in [5, 5.41) is 9.08. The molecule has 1 fully saturated rings. The summed E-state index contributed by atoms with van der Waals surface area (Å²) in [7, 11) is -3.51. The molecule has 3 N–H and O–H groups in total. The van der Waals surface area contributed by atoms with Crippen LogP contribution in [-0.4, -0.2) is 37.0 Å². The summed E-state index contributed by atoms with van der Waals surface area (Å²) in [6.45, 7) is 0.523. The van der Waals surface area contributed by atoms with Gasteiger partial charge in [0.2, 0.25) is 10.0 Å². The fraction of sp³-hybridized carbons (Fsp3) is 0.538. The Balaban J connectivity index is 2.31. The summed E-state index contributed by atoms with van der Waals surface area (Å²) in [5.74, 6) is 0. The number of piperidine rings is 1. The molecular formula is C13H20N2O3S. The first-order valence-electron chi connectivity index (χ1n) is 6.54. The minimum Gasteiger partial charge on any atom is -0.399 e. The van der Waals surface area contributed by atoms with Crippen molar-refractivity contribution in [3.63, 3.8) is 0 Å². The number of nitrogen functional groups attached to an aromatic ring is 1. The number of aliphatic hydroxyl groups excluding tert-OH is 1. The minimum atomic E-state index is -3.51. The number of aliphatic hydroxyl groups is 1. The number of benzene rings is 1. The highest BCUT2D eigenvalue weighted by Crippen LogP contribution is 2.27. The second kappa shape index (κ2) is 5.90. The average molecular weight is 284 g/mol. The smallest absolute Gasteiger partial charge is 0.243 e. The SMILES string of the molecule is Nc1cccc(S(=O)(=O)N2CCCCC2CCO)c1. The van der Waals surface area contributed by atoms with Crippen molar-refractivity contribution in [2.45, 2.75) is 36.6 Å². The molecule has 1 aliphatic rings. The highest BCUT2D eigenvalue weighted by molar-refractivity contribution is 7.89. The molecule has 19 heavy (non-hydrogen) atoms. The number of hydrogen-bond acceptors (Lipinski definition) is 4. The predicted molar refractivity (Wildman–Crippen MR) is 74.1 cm³/mol. The van der Waals surface area contributed by atoms with Crippen molar-refractivity contribution >= 4 is 15.7 Å². The molecule has 1 aliphatic heterocycles. The van der Waals surface area contributed by atoms with Crippen LogP contribution >= 0.6 is 0 Å². The van der Waals surface area contributed by atoms with Crippen LogP contribution in [0.2, 0.25) is 0 Å². The van der Waals surface area contributed by atoms with Gasteiger partial charge in [0.05, 0.1) is 4.90 Å². The Labute approximate surface area is 114 Å². The zero-order valence-corrected chi connectivity index (χ0v) is 11.6. The molecule has 2 rings (SSSR count). The maximum atomic E-state index is 12.6. The zero-order valence-electron chi connectivity index (χ0n) is 10.8. The zero-order chi connectivity index (χ0) is 13.9. The molecule has 0 aliphatic carbocycles. The number of sulfonamides is 1. The molecule has 0 saturated carbocycles. The van der Waals surface area contributed by atoms with E-state index in [2.05, 4.69) is 0 Å². The Hall–Kier alpha value is -1.11. The van der Waals surface area contributed by atoms with E-state index in [0.29, 0.717) is 18.7 Å². The summed E-state index contributed by atoms with van der Waals surface area (Å²) < 4.78 is 26.7. The standard InChI is InChI=1S/C13H20N2O3S/c14-11-4-3-6-13(10-11)19(17,18)15-8-2-1-5-12(15)7-9-16/h3-4,6,10,12,16H,1-2,5,7-9,14H2. The average Bonchev–Trinajstić information content (AvgIpc) is 2.39. The van der Waals surface area contributed by atoms with Crippen LogP contribution in [0.3, 0.4) is 0 Å². The molecule has 0 radical (unpaired) electrons. The van der Waals surface area contributed by atoms with Gasteiger partial charge in [-0.15, -0.1) is 0 Å². The van der Waals surface area contributed by atoms with E-state index in [4.69, 9.17) is 10.8 Å². The van der Waals surface area contributed by atoms with E-state index in [-0.39, 0.29) is 17.5 Å². The van der Waals surface area contributed by atoms with Gasteiger partial charge in [-0.3, -0.25) is 0 Å². The highest BCUT2D eigenvalue weighted by Gasteiger charge is 2.33. The fourth-order valence-electron chi connectivity index (χ4n) is 2.54. The van der Waals surface area contributed by atoms with E-state index >= 15 is 0 Å². The lowest BCUT2D eigenvalue weighted by Crippen LogP contribution is -2.44. The second-order valence-corrected chi connectivity index (χ2v) is 6.74. The van der Waals surface area contributed by atoms with Gasteiger partial charge in [0.25, 0.3) is 0 Å². The summed E-state index contributed by atoms with van der Waals surface area (Å²) >= 11 is 0. The molecule has 0 aromatic heterocycles. The maximum absolute atomic E-state index is 12.6. The molecule has 0 amide bonds. The lowest BCUT2D eigenvalue weighted by molar-refractivity contribution is 0.192. The molecule has 1 aromatic rings. The van der Waals surface area contributed by atoms with Gasteiger partial charge in [0.15, 0.2) is 0 Å². The first kappa shape index (κ1) is 14.3. The number of hydrogen-bond donors (Lipinski definition) is 2. The molecule has 106 valence electrons. The Morgan fingerprint density at radius 1 is 1.37 bits per heavy atom. The van der Waals surface area contributed by atoms with E-state index < -0.39 is 10.0 Å². The van der Waals surface area contributed by atoms with Crippen molar-refractivity contribution in [2.75, 3.05) is 18.9 Å². The Kier molecular flexibility index (Phi) is 4.44. The van der Waals surface area contributed by atoms with E-state index in [1.54, 1.807) is 18.2 Å². The molecular weight excluding hydrogens is 264 g/mol. The molecule has 0 spiro atoms. The van der Waals surface area contributed by atoms with Crippen LogP contribution < -0.4 is 5.73 Å². The van der Waals surface area contributed by atoms with Crippen LogP contribution in [0.4, 0.5) is 5.69 Å². The third-order valence-corrected chi connectivity index (χ3v) is 5.45. The van der Waals surface area contributed by atoms with Gasteiger partial charge in [-0.05, 0) is 37.5 Å². The van der Waals surface area contributed by atoms with Crippen LogP contribution in [0.25, 0.3) is 0 Å². The van der Waals surface area contributed by atoms with Crippen molar-refractivity contribution in [1.29, 1.82) is 0 Å². The van der Waals surface area contributed by atoms with E-state index in [1.165, 1.54) is 10.4 Å². The first-order valence-corrected chi connectivity index (χ1v) is 7.98. The monoisotopic (exact) mass is 284 g/mol. The minimum absolute atomic E-state index is 0.00755. The number of anilines is 1. The highest BCUT2D eigenvalue weighted by atomic mass is 32.2. The Morgan fingerprint density at radius 3 is 2.84 bits per heavy atom. The van der Waals surface area contributed by atoms with Crippen molar-refractivity contribution in [3.8, 4) is 0 Å². The molecule has 5 nitrogen and oxygen atoms in total. The van der Waals surface area contributed by atoms with Crippen LogP contribution in [0.1, 0.15) is 25.7 Å². The van der Waals surface area contributed by atoms with Crippen molar-refractivity contribution < 1.29 is 13.5 Å². The molecule has 1 aromatic carbocycles. The van der Waals surface area contributed by atoms with Crippen LogP contribution in [0.5, 0.6) is 0 Å². The third-order valence-electron chi connectivity index (χ3n) is 3.50. The Bertz CT molecular complexity index is 528. The van der Waals surface area contributed by atoms with Crippen molar-refractivity contribution in [3.05, 3.63) is 24.3 Å². The fourth-order valence-corrected chi connectivity index (χ4v) is 4.32. The second-order valence-electron chi connectivity index (χ2n) is 4.85. The molecule has 1 atom stereocenters. The molecule has 1 saturated heterocycles. The third kappa shape index (κ3) is 3.08. The number of nitrogens with two attached hydrogens (primary N) is 1. The van der Waals surface area contributed by atoms with Crippen LogP contribution in [0.15, 0.2) is 29.2 Å². The molecule has 6 heteroatoms. The summed E-state index contributed by atoms with van der Waals surface area (Å²) in [4.78, 5) is 0.234. The molecule has 1 unspecified atom stereocenters. The van der Waals surface area contributed by atoms with Gasteiger partial charge in [-0.2, -0.15) is 4.31 Å². The molecule has 1 heterocycles. The van der Waals surface area contributed by atoms with Crippen LogP contribution in [0, 0.1) is 0 Å². The first-order chi connectivity index (χ1) is 9.05. The van der Waals surface area contributed by atoms with E-state index in [9.17, 15) is 8.42 Å². The lowest BCUT2D eigenvalue weighted by atomic mass is 10.0. The van der Waals surface area contributed by atoms with Crippen molar-refractivity contribution in [1.82, 2.24) is 4.31 Å². The normalized spacial score (nSPS) is 21.4.